The third-order valence-corrected chi connectivity index (χ3v) is 7.40. The molecule has 0 fully saturated rings. The van der Waals surface area contributed by atoms with Gasteiger partial charge in [0.05, 0.1) is 34.4 Å². The number of carboxylic acids is 1. The number of carbonyl (C=O) groups excluding carboxylic acids is 2. The molecule has 0 rings (SSSR count). The normalized spacial score (nSPS) is 13.8. The minimum atomic E-state index is -0.891. The highest BCUT2D eigenvalue weighted by Gasteiger charge is 2.31. The van der Waals surface area contributed by atoms with Gasteiger partial charge in [-0.2, -0.15) is 0 Å². The van der Waals surface area contributed by atoms with E-state index in [-0.39, 0.29) is 36.7 Å². The molecule has 268 valence electrons. The van der Waals surface area contributed by atoms with Gasteiger partial charge in [-0.05, 0) is 57.8 Å². The fourth-order valence-corrected chi connectivity index (χ4v) is 4.63. The molecule has 0 saturated carbocycles. The molecule has 1 N–H and O–H groups in total. The Labute approximate surface area is 286 Å². The standard InChI is InChI=1S/C39H65NO7/c1-6-8-10-12-14-16-18-19-20-22-24-26-28-30-38(42)47-35(33-45-32-31-36(39(43)44)40(3,4)5)34-46-37(41)29-27-25-23-21-17-15-13-11-9-7-2/h8,10-11,13-14,16,19-20,24,26,35-36H,6-7,9,12,15,17-18,21-23,25,27-34H2,1-5H3/p+1/b10-8-,13-11-,16-14-,20-19-,26-24-. The van der Waals surface area contributed by atoms with E-state index in [0.29, 0.717) is 19.3 Å². The van der Waals surface area contributed by atoms with E-state index in [4.69, 9.17) is 14.2 Å². The van der Waals surface area contributed by atoms with Crippen LogP contribution in [0, 0.1) is 0 Å². The molecule has 0 amide bonds. The van der Waals surface area contributed by atoms with Crippen molar-refractivity contribution in [3.05, 3.63) is 60.8 Å². The van der Waals surface area contributed by atoms with Gasteiger partial charge in [-0.1, -0.05) is 100 Å². The van der Waals surface area contributed by atoms with E-state index in [1.54, 1.807) is 0 Å². The van der Waals surface area contributed by atoms with Crippen molar-refractivity contribution >= 4 is 17.9 Å². The van der Waals surface area contributed by atoms with Gasteiger partial charge in [-0.25, -0.2) is 4.79 Å². The van der Waals surface area contributed by atoms with Crippen LogP contribution in [0.4, 0.5) is 0 Å². The number of likely N-dealkylation sites (N-methyl/N-ethyl adjacent to an activating group) is 1. The smallest absolute Gasteiger partial charge is 0.362 e. The highest BCUT2D eigenvalue weighted by atomic mass is 16.6. The topological polar surface area (TPSA) is 99.1 Å². The van der Waals surface area contributed by atoms with Crippen molar-refractivity contribution in [1.82, 2.24) is 0 Å². The average molecular weight is 661 g/mol. The largest absolute Gasteiger partial charge is 0.477 e. The highest BCUT2D eigenvalue weighted by molar-refractivity contribution is 5.72. The predicted octanol–water partition coefficient (Wildman–Crippen LogP) is 8.68. The van der Waals surface area contributed by atoms with Crippen molar-refractivity contribution in [2.45, 2.75) is 129 Å². The summed E-state index contributed by atoms with van der Waals surface area (Å²) in [7, 11) is 5.47. The molecule has 8 nitrogen and oxygen atoms in total. The molecule has 0 aromatic carbocycles. The number of allylic oxidation sites excluding steroid dienone is 10. The Morgan fingerprint density at radius 2 is 1.23 bits per heavy atom. The van der Waals surface area contributed by atoms with Crippen LogP contribution in [-0.4, -0.2) is 80.6 Å². The zero-order valence-electron chi connectivity index (χ0n) is 30.2. The lowest BCUT2D eigenvalue weighted by Gasteiger charge is -2.31. The number of carbonyl (C=O) groups is 3. The minimum absolute atomic E-state index is 0.0270. The molecular formula is C39H66NO7+. The molecule has 0 bridgehead atoms. The number of aliphatic carboxylic acids is 1. The van der Waals surface area contributed by atoms with Gasteiger partial charge in [-0.15, -0.1) is 0 Å². The number of rotatable bonds is 30. The summed E-state index contributed by atoms with van der Waals surface area (Å²) in [6, 6.07) is -0.627. The lowest BCUT2D eigenvalue weighted by Crippen LogP contribution is -2.50. The molecule has 0 aromatic heterocycles. The van der Waals surface area contributed by atoms with Gasteiger partial charge in [0.15, 0.2) is 12.1 Å². The summed E-state index contributed by atoms with van der Waals surface area (Å²) in [5.41, 5.74) is 0. The maximum atomic E-state index is 12.6. The number of carboxylic acid groups (broad SMARTS) is 1. The first kappa shape index (κ1) is 44.0. The summed E-state index contributed by atoms with van der Waals surface area (Å²) in [5.74, 6) is -1.60. The van der Waals surface area contributed by atoms with Crippen LogP contribution in [0.2, 0.25) is 0 Å². The van der Waals surface area contributed by atoms with E-state index >= 15 is 0 Å². The van der Waals surface area contributed by atoms with Gasteiger partial charge in [0.25, 0.3) is 0 Å². The monoisotopic (exact) mass is 660 g/mol. The first-order valence-electron chi connectivity index (χ1n) is 17.8. The average Bonchev–Trinajstić information content (AvgIpc) is 3.01. The summed E-state index contributed by atoms with van der Waals surface area (Å²) < 4.78 is 17.0. The van der Waals surface area contributed by atoms with Crippen LogP contribution in [0.5, 0.6) is 0 Å². The quantitative estimate of drug-likeness (QED) is 0.0356. The second-order valence-electron chi connectivity index (χ2n) is 12.7. The summed E-state index contributed by atoms with van der Waals surface area (Å²) in [5, 5.41) is 9.56. The molecule has 0 aliphatic rings. The van der Waals surface area contributed by atoms with Gasteiger partial charge >= 0.3 is 17.9 Å². The Balaban J connectivity index is 4.61. The van der Waals surface area contributed by atoms with Crippen molar-refractivity contribution in [2.75, 3.05) is 41.0 Å². The molecular weight excluding hydrogens is 594 g/mol. The van der Waals surface area contributed by atoms with Crippen LogP contribution in [0.3, 0.4) is 0 Å². The number of unbranched alkanes of at least 4 members (excludes halogenated alkanes) is 6. The molecule has 0 heterocycles. The Morgan fingerprint density at radius 3 is 1.85 bits per heavy atom. The fourth-order valence-electron chi connectivity index (χ4n) is 4.63. The number of nitrogens with zero attached hydrogens (tertiary/aromatic N) is 1. The molecule has 0 spiro atoms. The Morgan fingerprint density at radius 1 is 0.660 bits per heavy atom. The zero-order chi connectivity index (χ0) is 35.0. The fraction of sp³-hybridized carbons (Fsp3) is 0.667. The minimum Gasteiger partial charge on any atom is -0.477 e. The van der Waals surface area contributed by atoms with Gasteiger partial charge in [0, 0.05) is 19.3 Å². The van der Waals surface area contributed by atoms with Crippen LogP contribution in [0.15, 0.2) is 60.8 Å². The number of esters is 2. The summed E-state index contributed by atoms with van der Waals surface area (Å²) in [6.07, 6.45) is 34.3. The Bertz CT molecular complexity index is 959. The second-order valence-corrected chi connectivity index (χ2v) is 12.7. The molecule has 0 aromatic rings. The van der Waals surface area contributed by atoms with Gasteiger partial charge < -0.3 is 23.8 Å². The molecule has 2 atom stereocenters. The number of hydrogen-bond acceptors (Lipinski definition) is 6. The van der Waals surface area contributed by atoms with E-state index in [2.05, 4.69) is 62.5 Å². The highest BCUT2D eigenvalue weighted by Crippen LogP contribution is 2.11. The number of quaternary nitrogens is 1. The molecule has 0 aliphatic heterocycles. The van der Waals surface area contributed by atoms with Crippen LogP contribution in [-0.2, 0) is 28.6 Å². The van der Waals surface area contributed by atoms with Crippen LogP contribution in [0.1, 0.15) is 117 Å². The van der Waals surface area contributed by atoms with E-state index in [0.717, 1.165) is 64.2 Å². The van der Waals surface area contributed by atoms with Crippen LogP contribution in [0.25, 0.3) is 0 Å². The molecule has 47 heavy (non-hydrogen) atoms. The van der Waals surface area contributed by atoms with Gasteiger partial charge in [-0.3, -0.25) is 9.59 Å². The van der Waals surface area contributed by atoms with Gasteiger partial charge in [0.1, 0.15) is 6.61 Å². The van der Waals surface area contributed by atoms with E-state index in [1.807, 2.05) is 33.3 Å². The number of ether oxygens (including phenoxy) is 3. The van der Waals surface area contributed by atoms with Crippen molar-refractivity contribution < 1.29 is 38.2 Å². The zero-order valence-corrected chi connectivity index (χ0v) is 30.2. The molecule has 0 aliphatic carbocycles. The summed E-state index contributed by atoms with van der Waals surface area (Å²) in [6.45, 7) is 4.43. The van der Waals surface area contributed by atoms with Crippen molar-refractivity contribution in [3.63, 3.8) is 0 Å². The Kier molecular flexibility index (Phi) is 28.4. The van der Waals surface area contributed by atoms with Gasteiger partial charge in [0.2, 0.25) is 0 Å². The van der Waals surface area contributed by atoms with Crippen molar-refractivity contribution in [2.24, 2.45) is 0 Å². The second kappa shape index (κ2) is 30.4. The first-order chi connectivity index (χ1) is 22.6. The number of hydrogen-bond donors (Lipinski definition) is 1. The van der Waals surface area contributed by atoms with E-state index in [9.17, 15) is 19.5 Å². The third kappa shape index (κ3) is 28.9. The Hall–Kier alpha value is -2.97. The van der Waals surface area contributed by atoms with E-state index < -0.39 is 24.1 Å². The summed E-state index contributed by atoms with van der Waals surface area (Å²) >= 11 is 0. The van der Waals surface area contributed by atoms with Crippen LogP contribution >= 0.6 is 0 Å². The molecule has 8 heteroatoms. The molecule has 0 radical (unpaired) electrons. The lowest BCUT2D eigenvalue weighted by atomic mass is 10.1. The lowest BCUT2D eigenvalue weighted by molar-refractivity contribution is -0.887. The summed E-state index contributed by atoms with van der Waals surface area (Å²) in [4.78, 5) is 36.6. The maximum Gasteiger partial charge on any atom is 0.362 e. The van der Waals surface area contributed by atoms with E-state index in [1.165, 1.54) is 12.8 Å². The molecule has 2 unspecified atom stereocenters. The SMILES string of the molecule is CC/C=C\C/C=C\C/C=C\C/C=C\CCC(=O)OC(COCCC(C(=O)O)[N+](C)(C)C)COC(=O)CCCCCCC/C=C\CCC. The van der Waals surface area contributed by atoms with Crippen molar-refractivity contribution in [3.8, 4) is 0 Å². The third-order valence-electron chi connectivity index (χ3n) is 7.40. The predicted molar refractivity (Wildman–Crippen MR) is 192 cm³/mol. The molecule has 0 saturated heterocycles. The first-order valence-corrected chi connectivity index (χ1v) is 17.8. The van der Waals surface area contributed by atoms with Crippen molar-refractivity contribution in [1.29, 1.82) is 0 Å². The van der Waals surface area contributed by atoms with Crippen LogP contribution < -0.4 is 0 Å². The maximum absolute atomic E-state index is 12.6.